The molecule has 0 bridgehead atoms. The number of imidazole rings is 1. The standard InChI is InChI=1S/C15H13N5O2/c1-19-3-2-9-4-10(5-16-13(9)19)11-6-17-15-18-12(14(21)22)8-20(15)7-11/h4-8H,2-3H2,1H3,(H,21,22). The van der Waals surface area contributed by atoms with Gasteiger partial charge in [0.1, 0.15) is 5.82 Å². The largest absolute Gasteiger partial charge is 0.476 e. The third-order valence-corrected chi connectivity index (χ3v) is 3.88. The smallest absolute Gasteiger partial charge is 0.356 e. The molecule has 0 aromatic carbocycles. The Morgan fingerprint density at radius 2 is 2.05 bits per heavy atom. The fraction of sp³-hybridized carbons (Fsp3) is 0.200. The predicted molar refractivity (Wildman–Crippen MR) is 80.2 cm³/mol. The van der Waals surface area contributed by atoms with Gasteiger partial charge < -0.3 is 10.0 Å². The number of hydrogen-bond acceptors (Lipinski definition) is 5. The second-order valence-corrected chi connectivity index (χ2v) is 5.36. The summed E-state index contributed by atoms with van der Waals surface area (Å²) in [5.74, 6) is 0.331. The quantitative estimate of drug-likeness (QED) is 0.771. The fourth-order valence-electron chi connectivity index (χ4n) is 2.72. The molecule has 110 valence electrons. The normalized spacial score (nSPS) is 13.6. The van der Waals surface area contributed by atoms with Crippen molar-refractivity contribution >= 4 is 17.6 Å². The van der Waals surface area contributed by atoms with Crippen LogP contribution in [0.3, 0.4) is 0 Å². The molecule has 0 aliphatic carbocycles. The van der Waals surface area contributed by atoms with Crippen molar-refractivity contribution in [2.75, 3.05) is 18.5 Å². The lowest BCUT2D eigenvalue weighted by atomic mass is 10.1. The van der Waals surface area contributed by atoms with E-state index in [4.69, 9.17) is 5.11 Å². The van der Waals surface area contributed by atoms with E-state index in [0.717, 1.165) is 29.9 Å². The second-order valence-electron chi connectivity index (χ2n) is 5.36. The van der Waals surface area contributed by atoms with Crippen molar-refractivity contribution in [2.45, 2.75) is 6.42 Å². The molecule has 0 atom stereocenters. The van der Waals surface area contributed by atoms with Gasteiger partial charge in [0.05, 0.1) is 0 Å². The number of aromatic carboxylic acids is 1. The molecule has 0 spiro atoms. The van der Waals surface area contributed by atoms with Gasteiger partial charge in [0.2, 0.25) is 5.78 Å². The lowest BCUT2D eigenvalue weighted by Crippen LogP contribution is -2.13. The molecule has 1 aliphatic rings. The molecule has 3 aromatic heterocycles. The number of fused-ring (bicyclic) bond motifs is 2. The average molecular weight is 295 g/mol. The van der Waals surface area contributed by atoms with Crippen molar-refractivity contribution in [3.05, 3.63) is 42.1 Å². The molecule has 4 heterocycles. The van der Waals surface area contributed by atoms with Crippen molar-refractivity contribution < 1.29 is 9.90 Å². The lowest BCUT2D eigenvalue weighted by Gasteiger charge is -2.10. The van der Waals surface area contributed by atoms with Gasteiger partial charge in [-0.25, -0.2) is 19.7 Å². The minimum absolute atomic E-state index is 0.0154. The van der Waals surface area contributed by atoms with Crippen LogP contribution >= 0.6 is 0 Å². The summed E-state index contributed by atoms with van der Waals surface area (Å²) in [5, 5.41) is 8.98. The fourth-order valence-corrected chi connectivity index (χ4v) is 2.72. The first-order valence-electron chi connectivity index (χ1n) is 6.90. The van der Waals surface area contributed by atoms with Gasteiger partial charge in [-0.15, -0.1) is 0 Å². The number of likely N-dealkylation sites (N-methyl/N-ethyl adjacent to an activating group) is 1. The maximum atomic E-state index is 11.0. The SMILES string of the molecule is CN1CCc2cc(-c3cnc4nc(C(=O)O)cn4c3)cnc21. The Morgan fingerprint density at radius 1 is 1.23 bits per heavy atom. The van der Waals surface area contributed by atoms with Crippen molar-refractivity contribution in [3.63, 3.8) is 0 Å². The van der Waals surface area contributed by atoms with Crippen molar-refractivity contribution in [3.8, 4) is 11.1 Å². The van der Waals surface area contributed by atoms with Gasteiger partial charge in [-0.05, 0) is 18.1 Å². The molecule has 7 nitrogen and oxygen atoms in total. The van der Waals surface area contributed by atoms with E-state index in [0.29, 0.717) is 5.78 Å². The summed E-state index contributed by atoms with van der Waals surface area (Å²) < 4.78 is 1.62. The highest BCUT2D eigenvalue weighted by molar-refractivity contribution is 5.85. The highest BCUT2D eigenvalue weighted by Gasteiger charge is 2.18. The van der Waals surface area contributed by atoms with Gasteiger partial charge in [0.25, 0.3) is 0 Å². The molecular weight excluding hydrogens is 282 g/mol. The number of rotatable bonds is 2. The lowest BCUT2D eigenvalue weighted by molar-refractivity contribution is 0.0691. The Bertz CT molecular complexity index is 902. The van der Waals surface area contributed by atoms with Crippen LogP contribution in [0.4, 0.5) is 5.82 Å². The number of hydrogen-bond donors (Lipinski definition) is 1. The monoisotopic (exact) mass is 295 g/mol. The van der Waals surface area contributed by atoms with Crippen LogP contribution in [0.15, 0.2) is 30.9 Å². The van der Waals surface area contributed by atoms with Crippen LogP contribution in [-0.2, 0) is 6.42 Å². The number of carboxylic acid groups (broad SMARTS) is 1. The minimum atomic E-state index is -1.06. The Labute approximate surface area is 125 Å². The highest BCUT2D eigenvalue weighted by Crippen LogP contribution is 2.28. The number of carboxylic acids is 1. The van der Waals surface area contributed by atoms with Crippen LogP contribution in [0.25, 0.3) is 16.9 Å². The van der Waals surface area contributed by atoms with Gasteiger partial charge in [0.15, 0.2) is 5.69 Å². The number of aromatic nitrogens is 4. The molecule has 4 rings (SSSR count). The summed E-state index contributed by atoms with van der Waals surface area (Å²) in [4.78, 5) is 25.8. The van der Waals surface area contributed by atoms with Crippen LogP contribution in [0, 0.1) is 0 Å². The Kier molecular flexibility index (Phi) is 2.62. The first-order chi connectivity index (χ1) is 10.6. The third kappa shape index (κ3) is 1.90. The zero-order valence-electron chi connectivity index (χ0n) is 11.9. The molecule has 1 aliphatic heterocycles. The second kappa shape index (κ2) is 4.52. The Hall–Kier alpha value is -2.96. The van der Waals surface area contributed by atoms with E-state index in [1.165, 1.54) is 11.8 Å². The van der Waals surface area contributed by atoms with E-state index in [-0.39, 0.29) is 5.69 Å². The summed E-state index contributed by atoms with van der Waals surface area (Å²) in [5.41, 5.74) is 3.05. The molecule has 3 aromatic rings. The van der Waals surface area contributed by atoms with Gasteiger partial charge >= 0.3 is 5.97 Å². The van der Waals surface area contributed by atoms with Crippen LogP contribution in [0.1, 0.15) is 16.1 Å². The Morgan fingerprint density at radius 3 is 2.86 bits per heavy atom. The number of carbonyl (C=O) groups is 1. The van der Waals surface area contributed by atoms with Crippen molar-refractivity contribution in [2.24, 2.45) is 0 Å². The van der Waals surface area contributed by atoms with E-state index in [9.17, 15) is 4.79 Å². The highest BCUT2D eigenvalue weighted by atomic mass is 16.4. The number of pyridine rings is 1. The van der Waals surface area contributed by atoms with Gasteiger partial charge in [-0.2, -0.15) is 0 Å². The molecule has 1 N–H and O–H groups in total. The van der Waals surface area contributed by atoms with E-state index >= 15 is 0 Å². The molecule has 0 radical (unpaired) electrons. The van der Waals surface area contributed by atoms with E-state index < -0.39 is 5.97 Å². The van der Waals surface area contributed by atoms with Gasteiger partial charge in [-0.3, -0.25) is 4.40 Å². The molecule has 22 heavy (non-hydrogen) atoms. The molecule has 0 unspecified atom stereocenters. The van der Waals surface area contributed by atoms with E-state index in [2.05, 4.69) is 25.9 Å². The van der Waals surface area contributed by atoms with Crippen molar-refractivity contribution in [1.29, 1.82) is 0 Å². The molecule has 0 saturated carbocycles. The summed E-state index contributed by atoms with van der Waals surface area (Å²) in [6.45, 7) is 0.979. The zero-order chi connectivity index (χ0) is 15.3. The van der Waals surface area contributed by atoms with E-state index in [1.54, 1.807) is 10.6 Å². The summed E-state index contributed by atoms with van der Waals surface area (Å²) in [7, 11) is 2.03. The maximum Gasteiger partial charge on any atom is 0.356 e. The van der Waals surface area contributed by atoms with Gasteiger partial charge in [0, 0.05) is 49.5 Å². The van der Waals surface area contributed by atoms with Crippen LogP contribution in [0.2, 0.25) is 0 Å². The van der Waals surface area contributed by atoms with Gasteiger partial charge in [-0.1, -0.05) is 0 Å². The van der Waals surface area contributed by atoms with Crippen molar-refractivity contribution in [1.82, 2.24) is 19.4 Å². The minimum Gasteiger partial charge on any atom is -0.476 e. The number of anilines is 1. The first kappa shape index (κ1) is 12.8. The number of nitrogens with zero attached hydrogens (tertiary/aromatic N) is 5. The zero-order valence-corrected chi connectivity index (χ0v) is 11.9. The van der Waals surface area contributed by atoms with Crippen LogP contribution < -0.4 is 4.90 Å². The summed E-state index contributed by atoms with van der Waals surface area (Å²) in [6.07, 6.45) is 7.78. The molecule has 0 saturated heterocycles. The molecule has 0 amide bonds. The topological polar surface area (TPSA) is 83.6 Å². The average Bonchev–Trinajstić information content (AvgIpc) is 3.10. The third-order valence-electron chi connectivity index (χ3n) is 3.88. The van der Waals surface area contributed by atoms with E-state index in [1.807, 2.05) is 19.4 Å². The molecular formula is C15H13N5O2. The predicted octanol–water partition coefficient (Wildman–Crippen LogP) is 1.48. The summed E-state index contributed by atoms with van der Waals surface area (Å²) in [6, 6.07) is 2.11. The summed E-state index contributed by atoms with van der Waals surface area (Å²) >= 11 is 0. The maximum absolute atomic E-state index is 11.0. The first-order valence-corrected chi connectivity index (χ1v) is 6.90. The Balaban J connectivity index is 1.79. The van der Waals surface area contributed by atoms with Crippen LogP contribution in [-0.4, -0.2) is 44.0 Å². The van der Waals surface area contributed by atoms with Crippen LogP contribution in [0.5, 0.6) is 0 Å². The molecule has 7 heteroatoms. The molecule has 0 fully saturated rings.